The lowest BCUT2D eigenvalue weighted by molar-refractivity contribution is 0.842. The van der Waals surface area contributed by atoms with Crippen LogP contribution in [-0.4, -0.2) is 22.0 Å². The highest BCUT2D eigenvalue weighted by molar-refractivity contribution is 5.81. The molecule has 2 heterocycles. The molecule has 6 nitrogen and oxygen atoms in total. The number of pyridine rings is 1. The van der Waals surface area contributed by atoms with E-state index in [-0.39, 0.29) is 5.56 Å². The molecule has 1 aromatic carbocycles. The number of rotatable bonds is 3. The Morgan fingerprint density at radius 3 is 2.90 bits per heavy atom. The molecule has 0 saturated carbocycles. The van der Waals surface area contributed by atoms with Gasteiger partial charge in [0.15, 0.2) is 0 Å². The van der Waals surface area contributed by atoms with Gasteiger partial charge in [0, 0.05) is 18.9 Å². The summed E-state index contributed by atoms with van der Waals surface area (Å²) in [5.41, 5.74) is 7.56. The number of nitrogens with zero attached hydrogens (tertiary/aromatic N) is 3. The van der Waals surface area contributed by atoms with E-state index in [1.807, 2.05) is 30.1 Å². The largest absolute Gasteiger partial charge is 0.399 e. The molecule has 0 amide bonds. The molecule has 0 aliphatic carbocycles. The molecular weight excluding hydrogens is 266 g/mol. The van der Waals surface area contributed by atoms with E-state index >= 15 is 0 Å². The predicted molar refractivity (Wildman–Crippen MR) is 83.1 cm³/mol. The predicted octanol–water partition coefficient (Wildman–Crippen LogP) is 1.54. The number of hydrogen-bond donors (Lipinski definition) is 2. The highest BCUT2D eigenvalue weighted by Crippen LogP contribution is 2.15. The summed E-state index contributed by atoms with van der Waals surface area (Å²) in [7, 11) is 1.86. The molecule has 0 unspecified atom stereocenters. The van der Waals surface area contributed by atoms with Crippen molar-refractivity contribution in [3.8, 4) is 0 Å². The Hall–Kier alpha value is -2.89. The number of nitrogens with two attached hydrogens (primary N) is 1. The number of nitrogens with one attached hydrogen (secondary N) is 1. The van der Waals surface area contributed by atoms with Gasteiger partial charge in [-0.25, -0.2) is 4.98 Å². The summed E-state index contributed by atoms with van der Waals surface area (Å²) in [6.45, 7) is 0.560. The Labute approximate surface area is 121 Å². The summed E-state index contributed by atoms with van der Waals surface area (Å²) in [5, 5.41) is 0.491. The Kier molecular flexibility index (Phi) is 3.27. The molecule has 0 atom stereocenters. The van der Waals surface area contributed by atoms with Crippen molar-refractivity contribution >= 4 is 22.5 Å². The summed E-state index contributed by atoms with van der Waals surface area (Å²) >= 11 is 0. The molecule has 3 rings (SSSR count). The van der Waals surface area contributed by atoms with Crippen LogP contribution >= 0.6 is 0 Å². The second-order valence-corrected chi connectivity index (χ2v) is 4.84. The smallest absolute Gasteiger partial charge is 0.260 e. The van der Waals surface area contributed by atoms with Crippen molar-refractivity contribution in [2.45, 2.75) is 6.54 Å². The first-order valence-corrected chi connectivity index (χ1v) is 6.54. The van der Waals surface area contributed by atoms with Crippen LogP contribution in [0, 0.1) is 0 Å². The minimum atomic E-state index is -0.199. The molecule has 3 aromatic rings. The summed E-state index contributed by atoms with van der Waals surface area (Å²) in [6, 6.07) is 10.8. The van der Waals surface area contributed by atoms with Gasteiger partial charge in [0.1, 0.15) is 0 Å². The van der Waals surface area contributed by atoms with Crippen LogP contribution in [0.5, 0.6) is 0 Å². The number of aromatic nitrogens is 3. The molecular formula is C15H15N5O. The van der Waals surface area contributed by atoms with Crippen molar-refractivity contribution in [2.75, 3.05) is 17.7 Å². The van der Waals surface area contributed by atoms with Gasteiger partial charge in [-0.15, -0.1) is 0 Å². The van der Waals surface area contributed by atoms with E-state index in [2.05, 4.69) is 15.0 Å². The van der Waals surface area contributed by atoms with E-state index in [1.54, 1.807) is 24.4 Å². The maximum absolute atomic E-state index is 12.1. The van der Waals surface area contributed by atoms with Crippen molar-refractivity contribution in [1.82, 2.24) is 15.0 Å². The van der Waals surface area contributed by atoms with Crippen LogP contribution < -0.4 is 16.2 Å². The fourth-order valence-electron chi connectivity index (χ4n) is 2.13. The maximum atomic E-state index is 12.1. The first kappa shape index (κ1) is 13.1. The quantitative estimate of drug-likeness (QED) is 0.711. The Morgan fingerprint density at radius 1 is 1.29 bits per heavy atom. The first-order chi connectivity index (χ1) is 10.1. The Balaban J connectivity index is 1.97. The van der Waals surface area contributed by atoms with E-state index in [4.69, 9.17) is 5.73 Å². The van der Waals surface area contributed by atoms with Crippen LogP contribution in [0.4, 0.5) is 11.6 Å². The highest BCUT2D eigenvalue weighted by Gasteiger charge is 2.09. The lowest BCUT2D eigenvalue weighted by Gasteiger charge is -2.17. The van der Waals surface area contributed by atoms with Gasteiger partial charge in [0.2, 0.25) is 5.95 Å². The van der Waals surface area contributed by atoms with E-state index in [0.717, 1.165) is 5.69 Å². The molecule has 0 spiro atoms. The molecule has 0 radical (unpaired) electrons. The summed E-state index contributed by atoms with van der Waals surface area (Å²) < 4.78 is 0. The van der Waals surface area contributed by atoms with Crippen LogP contribution in [0.2, 0.25) is 0 Å². The van der Waals surface area contributed by atoms with Crippen molar-refractivity contribution in [3.05, 3.63) is 58.6 Å². The summed E-state index contributed by atoms with van der Waals surface area (Å²) in [5.74, 6) is 0.503. The van der Waals surface area contributed by atoms with Gasteiger partial charge in [0.05, 0.1) is 23.1 Å². The topological polar surface area (TPSA) is 87.9 Å². The molecule has 6 heteroatoms. The lowest BCUT2D eigenvalue weighted by atomic mass is 10.2. The number of benzene rings is 1. The van der Waals surface area contributed by atoms with Gasteiger partial charge in [-0.3, -0.25) is 14.8 Å². The molecule has 2 aromatic heterocycles. The molecule has 0 saturated heterocycles. The lowest BCUT2D eigenvalue weighted by Crippen LogP contribution is -2.23. The third kappa shape index (κ3) is 2.69. The minimum absolute atomic E-state index is 0.199. The highest BCUT2D eigenvalue weighted by atomic mass is 16.1. The third-order valence-corrected chi connectivity index (χ3v) is 3.20. The van der Waals surface area contributed by atoms with Crippen LogP contribution in [0.1, 0.15) is 5.69 Å². The van der Waals surface area contributed by atoms with E-state index in [1.165, 1.54) is 0 Å². The number of hydrogen-bond acceptors (Lipinski definition) is 5. The molecule has 0 fully saturated rings. The zero-order valence-electron chi connectivity index (χ0n) is 11.6. The fraction of sp³-hybridized carbons (Fsp3) is 0.133. The first-order valence-electron chi connectivity index (χ1n) is 6.54. The molecule has 3 N–H and O–H groups in total. The van der Waals surface area contributed by atoms with Gasteiger partial charge in [0.25, 0.3) is 5.56 Å². The second-order valence-electron chi connectivity index (χ2n) is 4.84. The van der Waals surface area contributed by atoms with E-state index in [9.17, 15) is 4.79 Å². The van der Waals surface area contributed by atoms with Crippen molar-refractivity contribution < 1.29 is 0 Å². The van der Waals surface area contributed by atoms with E-state index in [0.29, 0.717) is 29.1 Å². The molecule has 0 aliphatic rings. The fourth-order valence-corrected chi connectivity index (χ4v) is 2.13. The average molecular weight is 281 g/mol. The van der Waals surface area contributed by atoms with Crippen molar-refractivity contribution in [2.24, 2.45) is 0 Å². The molecule has 0 bridgehead atoms. The van der Waals surface area contributed by atoms with Crippen molar-refractivity contribution in [3.63, 3.8) is 0 Å². The average Bonchev–Trinajstić information content (AvgIpc) is 2.49. The third-order valence-electron chi connectivity index (χ3n) is 3.20. The molecule has 21 heavy (non-hydrogen) atoms. The zero-order valence-corrected chi connectivity index (χ0v) is 11.6. The number of anilines is 2. The van der Waals surface area contributed by atoms with Crippen LogP contribution in [0.15, 0.2) is 47.4 Å². The van der Waals surface area contributed by atoms with Gasteiger partial charge >= 0.3 is 0 Å². The molecule has 0 aliphatic heterocycles. The monoisotopic (exact) mass is 281 g/mol. The Morgan fingerprint density at radius 2 is 2.14 bits per heavy atom. The number of nitrogen functional groups attached to an aromatic ring is 1. The number of aromatic amines is 1. The number of H-pyrrole nitrogens is 1. The normalized spacial score (nSPS) is 10.7. The zero-order chi connectivity index (χ0) is 14.8. The molecule has 106 valence electrons. The van der Waals surface area contributed by atoms with Crippen LogP contribution in [0.3, 0.4) is 0 Å². The van der Waals surface area contributed by atoms with Gasteiger partial charge in [-0.1, -0.05) is 6.07 Å². The van der Waals surface area contributed by atoms with E-state index < -0.39 is 0 Å². The SMILES string of the molecule is CN(Cc1ccccn1)c1nc2ccc(N)cc2c(=O)[nH]1. The standard InChI is InChI=1S/C15H15N5O/c1-20(9-11-4-2-3-7-17-11)15-18-13-6-5-10(16)8-12(13)14(21)19-15/h2-8H,9,16H2,1H3,(H,18,19,21). The number of fused-ring (bicyclic) bond motifs is 1. The van der Waals surface area contributed by atoms with Gasteiger partial charge in [-0.05, 0) is 30.3 Å². The van der Waals surface area contributed by atoms with Gasteiger partial charge < -0.3 is 10.6 Å². The second kappa shape index (κ2) is 5.24. The van der Waals surface area contributed by atoms with Crippen LogP contribution in [-0.2, 0) is 6.54 Å². The Bertz CT molecular complexity index is 828. The van der Waals surface area contributed by atoms with Crippen molar-refractivity contribution in [1.29, 1.82) is 0 Å². The minimum Gasteiger partial charge on any atom is -0.399 e. The van der Waals surface area contributed by atoms with Gasteiger partial charge in [-0.2, -0.15) is 0 Å². The summed E-state index contributed by atoms with van der Waals surface area (Å²) in [6.07, 6.45) is 1.74. The van der Waals surface area contributed by atoms with Crippen LogP contribution in [0.25, 0.3) is 10.9 Å². The maximum Gasteiger partial charge on any atom is 0.260 e. The summed E-state index contributed by atoms with van der Waals surface area (Å²) in [4.78, 5) is 25.5.